The predicted octanol–water partition coefficient (Wildman–Crippen LogP) is 2.50. The number of urea groups is 1. The Balaban J connectivity index is 1.38. The van der Waals surface area contributed by atoms with E-state index in [0.29, 0.717) is 37.6 Å². The van der Waals surface area contributed by atoms with Crippen molar-refractivity contribution in [2.45, 2.75) is 45.1 Å². The van der Waals surface area contributed by atoms with Gasteiger partial charge in [-0.15, -0.1) is 0 Å². The Bertz CT molecular complexity index is 949. The van der Waals surface area contributed by atoms with Crippen LogP contribution in [-0.4, -0.2) is 43.2 Å². The first-order chi connectivity index (χ1) is 14.0. The van der Waals surface area contributed by atoms with Crippen LogP contribution >= 0.6 is 0 Å². The van der Waals surface area contributed by atoms with Gasteiger partial charge in [-0.25, -0.2) is 4.79 Å². The fourth-order valence-corrected chi connectivity index (χ4v) is 4.29. The Morgan fingerprint density at radius 2 is 1.66 bits per heavy atom. The normalized spacial score (nSPS) is 18.1. The highest BCUT2D eigenvalue weighted by Gasteiger charge is 2.30. The lowest BCUT2D eigenvalue weighted by Gasteiger charge is -2.38. The molecule has 7 heteroatoms. The lowest BCUT2D eigenvalue weighted by atomic mass is 9.96. The summed E-state index contributed by atoms with van der Waals surface area (Å²) < 4.78 is 0. The highest BCUT2D eigenvalue weighted by Crippen LogP contribution is 2.27. The van der Waals surface area contributed by atoms with Crippen molar-refractivity contribution in [1.29, 1.82) is 0 Å². The van der Waals surface area contributed by atoms with Gasteiger partial charge >= 0.3 is 6.03 Å². The maximum Gasteiger partial charge on any atom is 0.317 e. The highest BCUT2D eigenvalue weighted by atomic mass is 16.2. The Morgan fingerprint density at radius 3 is 2.34 bits per heavy atom. The number of nitrogens with zero attached hydrogens (tertiary/aromatic N) is 2. The van der Waals surface area contributed by atoms with E-state index in [1.54, 1.807) is 0 Å². The summed E-state index contributed by atoms with van der Waals surface area (Å²) in [7, 11) is 0. The van der Waals surface area contributed by atoms with Gasteiger partial charge < -0.3 is 20.4 Å². The zero-order valence-corrected chi connectivity index (χ0v) is 16.9. The fraction of sp³-hybridized carbons (Fsp3) is 0.500. The lowest BCUT2D eigenvalue weighted by molar-refractivity contribution is 0.186. The molecule has 1 saturated heterocycles. The first-order valence-electron chi connectivity index (χ1n) is 10.5. The standard InChI is InChI=1S/C22H28N4O3/c1-15-7-5-6-10-17(15)24-18-19(21(28)20(18)27)25-11-13-26(14-12-25)22(29)23-16-8-3-2-4-9-16/h5-7,10,16,24H,2-4,8-9,11-14H2,1H3,(H,23,29). The van der Waals surface area contributed by atoms with Crippen molar-refractivity contribution in [2.24, 2.45) is 0 Å². The number of benzene rings is 1. The number of aryl methyl sites for hydroxylation is 1. The van der Waals surface area contributed by atoms with Gasteiger partial charge in [0.2, 0.25) is 0 Å². The summed E-state index contributed by atoms with van der Waals surface area (Å²) in [6.45, 7) is 4.14. The molecule has 1 aliphatic carbocycles. The number of carbonyl (C=O) groups is 1. The number of para-hydroxylation sites is 1. The molecule has 0 bridgehead atoms. The molecule has 2 aromatic rings. The first-order valence-corrected chi connectivity index (χ1v) is 10.5. The summed E-state index contributed by atoms with van der Waals surface area (Å²) in [6.07, 6.45) is 5.73. The van der Waals surface area contributed by atoms with Gasteiger partial charge in [-0.05, 0) is 31.4 Å². The second kappa shape index (κ2) is 8.27. The van der Waals surface area contributed by atoms with E-state index < -0.39 is 10.9 Å². The molecule has 0 unspecified atom stereocenters. The summed E-state index contributed by atoms with van der Waals surface area (Å²) in [5, 5.41) is 6.28. The van der Waals surface area contributed by atoms with E-state index in [1.807, 2.05) is 41.0 Å². The molecule has 154 valence electrons. The SMILES string of the molecule is Cc1ccccc1Nc1c(N2CCN(C(=O)NC3CCCCC3)CC2)c(=O)c1=O. The van der Waals surface area contributed by atoms with Crippen molar-refractivity contribution in [3.63, 3.8) is 0 Å². The molecule has 2 amide bonds. The Kier molecular flexibility index (Phi) is 5.56. The molecule has 7 nitrogen and oxygen atoms in total. The molecule has 0 atom stereocenters. The number of hydrogen-bond donors (Lipinski definition) is 2. The molecule has 2 fully saturated rings. The van der Waals surface area contributed by atoms with Crippen LogP contribution in [0.1, 0.15) is 37.7 Å². The molecule has 2 aliphatic rings. The smallest absolute Gasteiger partial charge is 0.317 e. The van der Waals surface area contributed by atoms with Gasteiger partial charge in [-0.3, -0.25) is 9.59 Å². The van der Waals surface area contributed by atoms with Gasteiger partial charge in [0.25, 0.3) is 10.9 Å². The number of carbonyl (C=O) groups excluding carboxylic acids is 1. The minimum absolute atomic E-state index is 0.0141. The number of nitrogens with one attached hydrogen (secondary N) is 2. The molecular formula is C22H28N4O3. The van der Waals surface area contributed by atoms with Gasteiger partial charge in [-0.2, -0.15) is 0 Å². The van der Waals surface area contributed by atoms with E-state index in [4.69, 9.17) is 0 Å². The summed E-state index contributed by atoms with van der Waals surface area (Å²) in [6, 6.07) is 7.94. The Hall–Kier alpha value is -2.83. The average Bonchev–Trinajstić information content (AvgIpc) is 2.75. The maximum atomic E-state index is 12.5. The first kappa shape index (κ1) is 19.5. The van der Waals surface area contributed by atoms with E-state index in [9.17, 15) is 14.4 Å². The predicted molar refractivity (Wildman–Crippen MR) is 115 cm³/mol. The largest absolute Gasteiger partial charge is 0.363 e. The number of amides is 2. The number of anilines is 3. The van der Waals surface area contributed by atoms with Gasteiger partial charge in [0, 0.05) is 37.9 Å². The molecule has 1 aliphatic heterocycles. The molecule has 2 N–H and O–H groups in total. The highest BCUT2D eigenvalue weighted by molar-refractivity contribution is 5.81. The van der Waals surface area contributed by atoms with Crippen LogP contribution in [0.2, 0.25) is 0 Å². The Labute approximate surface area is 170 Å². The van der Waals surface area contributed by atoms with Crippen LogP contribution in [0, 0.1) is 6.92 Å². The van der Waals surface area contributed by atoms with Gasteiger partial charge in [0.1, 0.15) is 11.4 Å². The molecule has 4 rings (SSSR count). The monoisotopic (exact) mass is 396 g/mol. The third kappa shape index (κ3) is 3.99. The van der Waals surface area contributed by atoms with E-state index in [0.717, 1.165) is 24.1 Å². The molecule has 0 spiro atoms. The molecule has 2 aromatic carbocycles. The third-order valence-electron chi connectivity index (χ3n) is 6.11. The van der Waals surface area contributed by atoms with E-state index in [1.165, 1.54) is 19.3 Å². The number of hydrogen-bond acceptors (Lipinski definition) is 5. The zero-order chi connectivity index (χ0) is 20.4. The van der Waals surface area contributed by atoms with E-state index in [-0.39, 0.29) is 12.1 Å². The van der Waals surface area contributed by atoms with Crippen molar-refractivity contribution in [3.8, 4) is 0 Å². The molecule has 1 heterocycles. The summed E-state index contributed by atoms with van der Waals surface area (Å²) >= 11 is 0. The van der Waals surface area contributed by atoms with Crippen LogP contribution < -0.4 is 26.4 Å². The van der Waals surface area contributed by atoms with Crippen LogP contribution in [0.25, 0.3) is 0 Å². The van der Waals surface area contributed by atoms with Crippen molar-refractivity contribution in [1.82, 2.24) is 10.2 Å². The average molecular weight is 396 g/mol. The van der Waals surface area contributed by atoms with E-state index >= 15 is 0 Å². The molecular weight excluding hydrogens is 368 g/mol. The van der Waals surface area contributed by atoms with Crippen molar-refractivity contribution >= 4 is 23.1 Å². The summed E-state index contributed by atoms with van der Waals surface area (Å²) in [5.74, 6) is 0. The fourth-order valence-electron chi connectivity index (χ4n) is 4.29. The van der Waals surface area contributed by atoms with Crippen molar-refractivity contribution in [2.75, 3.05) is 36.4 Å². The van der Waals surface area contributed by atoms with Crippen molar-refractivity contribution < 1.29 is 4.79 Å². The summed E-state index contributed by atoms with van der Waals surface area (Å²) in [5.41, 5.74) is 1.74. The second-order valence-electron chi connectivity index (χ2n) is 8.08. The molecule has 1 saturated carbocycles. The number of rotatable bonds is 4. The minimum atomic E-state index is -0.472. The van der Waals surface area contributed by atoms with Gasteiger partial charge in [0.15, 0.2) is 0 Å². The topological polar surface area (TPSA) is 81.8 Å². The summed E-state index contributed by atoms with van der Waals surface area (Å²) in [4.78, 5) is 40.7. The maximum absolute atomic E-state index is 12.5. The van der Waals surface area contributed by atoms with Gasteiger partial charge in [0.05, 0.1) is 0 Å². The van der Waals surface area contributed by atoms with Crippen LogP contribution in [0.5, 0.6) is 0 Å². The zero-order valence-electron chi connectivity index (χ0n) is 16.9. The Morgan fingerprint density at radius 1 is 0.966 bits per heavy atom. The van der Waals surface area contributed by atoms with Crippen LogP contribution in [0.15, 0.2) is 33.9 Å². The molecule has 0 aromatic heterocycles. The quantitative estimate of drug-likeness (QED) is 0.776. The van der Waals surface area contributed by atoms with Crippen LogP contribution in [0.3, 0.4) is 0 Å². The van der Waals surface area contributed by atoms with Gasteiger partial charge in [-0.1, -0.05) is 37.5 Å². The molecule has 29 heavy (non-hydrogen) atoms. The third-order valence-corrected chi connectivity index (χ3v) is 6.11. The van der Waals surface area contributed by atoms with Crippen molar-refractivity contribution in [3.05, 3.63) is 50.3 Å². The number of piperazine rings is 1. The van der Waals surface area contributed by atoms with Crippen LogP contribution in [0.4, 0.5) is 21.9 Å². The molecule has 0 radical (unpaired) electrons. The minimum Gasteiger partial charge on any atom is -0.363 e. The van der Waals surface area contributed by atoms with Crippen LogP contribution in [-0.2, 0) is 0 Å². The van der Waals surface area contributed by atoms with E-state index in [2.05, 4.69) is 10.6 Å². The lowest BCUT2D eigenvalue weighted by Crippen LogP contribution is -2.55. The second-order valence-corrected chi connectivity index (χ2v) is 8.08.